The molecule has 1 atom stereocenters. The molecule has 29 heavy (non-hydrogen) atoms. The smallest absolute Gasteiger partial charge is 0.314 e. The Bertz CT molecular complexity index is 830. The summed E-state index contributed by atoms with van der Waals surface area (Å²) in [6, 6.07) is 4.05. The zero-order valence-corrected chi connectivity index (χ0v) is 17.1. The Morgan fingerprint density at radius 2 is 1.90 bits per heavy atom. The molecule has 0 saturated carbocycles. The molecule has 0 spiro atoms. The van der Waals surface area contributed by atoms with Gasteiger partial charge in [0.15, 0.2) is 0 Å². The molecule has 0 aliphatic heterocycles. The minimum Gasteiger partial charge on any atom is -0.481 e. The van der Waals surface area contributed by atoms with Crippen LogP contribution in [0.3, 0.4) is 0 Å². The number of carbonyl (C=O) groups is 2. The fourth-order valence-corrected chi connectivity index (χ4v) is 3.44. The first-order valence-electron chi connectivity index (χ1n) is 8.94. The van der Waals surface area contributed by atoms with E-state index in [9.17, 15) is 18.0 Å². The number of rotatable bonds is 11. The Morgan fingerprint density at radius 1 is 1.21 bits per heavy atom. The van der Waals surface area contributed by atoms with E-state index in [-0.39, 0.29) is 30.5 Å². The summed E-state index contributed by atoms with van der Waals surface area (Å²) in [6.45, 7) is 4.34. The van der Waals surface area contributed by atoms with Crippen LogP contribution >= 0.6 is 0 Å². The molecule has 0 aromatic heterocycles. The van der Waals surface area contributed by atoms with Crippen LogP contribution in [0.5, 0.6) is 5.75 Å². The lowest BCUT2D eigenvalue weighted by Gasteiger charge is -2.17. The highest BCUT2D eigenvalue weighted by molar-refractivity contribution is 7.89. The predicted molar refractivity (Wildman–Crippen MR) is 106 cm³/mol. The molecule has 1 aromatic rings. The maximum atomic E-state index is 12.5. The van der Waals surface area contributed by atoms with Crippen molar-refractivity contribution in [3.05, 3.63) is 24.3 Å². The summed E-state index contributed by atoms with van der Waals surface area (Å²) in [5.41, 5.74) is 1.45. The second-order valence-electron chi connectivity index (χ2n) is 5.77. The zero-order chi connectivity index (χ0) is 21.7. The number of sulfonamides is 1. The van der Waals surface area contributed by atoms with Crippen molar-refractivity contribution in [2.75, 3.05) is 19.7 Å². The summed E-state index contributed by atoms with van der Waals surface area (Å²) in [4.78, 5) is 23.1. The highest BCUT2D eigenvalue weighted by Gasteiger charge is 2.25. The molecular formula is C18H26N4O6S. The average molecular weight is 426 g/mol. The topological polar surface area (TPSA) is 146 Å². The van der Waals surface area contributed by atoms with Crippen LogP contribution in [0.4, 0.5) is 4.79 Å². The SMILES string of the molecule is CC#CCOc1ccc(S(=O)(=O)NC(CCCNC(=O)NCC)C(=O)NO)cc1. The van der Waals surface area contributed by atoms with Gasteiger partial charge in [-0.2, -0.15) is 4.72 Å². The van der Waals surface area contributed by atoms with Crippen LogP contribution in [0.2, 0.25) is 0 Å². The van der Waals surface area contributed by atoms with Crippen molar-refractivity contribution >= 4 is 22.0 Å². The number of carbonyl (C=O) groups excluding carboxylic acids is 2. The highest BCUT2D eigenvalue weighted by Crippen LogP contribution is 2.16. The predicted octanol–water partition coefficient (Wildman–Crippen LogP) is 0.340. The van der Waals surface area contributed by atoms with Gasteiger partial charge < -0.3 is 15.4 Å². The first-order valence-corrected chi connectivity index (χ1v) is 10.4. The van der Waals surface area contributed by atoms with E-state index in [0.717, 1.165) is 0 Å². The van der Waals surface area contributed by atoms with Gasteiger partial charge in [0.25, 0.3) is 5.91 Å². The Morgan fingerprint density at radius 3 is 2.48 bits per heavy atom. The van der Waals surface area contributed by atoms with Crippen molar-refractivity contribution in [3.63, 3.8) is 0 Å². The largest absolute Gasteiger partial charge is 0.481 e. The molecule has 11 heteroatoms. The van der Waals surface area contributed by atoms with Gasteiger partial charge in [0.1, 0.15) is 18.4 Å². The fraction of sp³-hybridized carbons (Fsp3) is 0.444. The van der Waals surface area contributed by atoms with Gasteiger partial charge in [0, 0.05) is 13.1 Å². The number of nitrogens with one attached hydrogen (secondary N) is 4. The molecule has 0 bridgehead atoms. The molecule has 0 saturated heterocycles. The molecule has 0 fully saturated rings. The van der Waals surface area contributed by atoms with Gasteiger partial charge in [0.2, 0.25) is 10.0 Å². The average Bonchev–Trinajstić information content (AvgIpc) is 2.70. The van der Waals surface area contributed by atoms with Crippen molar-refractivity contribution in [3.8, 4) is 17.6 Å². The zero-order valence-electron chi connectivity index (χ0n) is 16.3. The number of amides is 3. The maximum Gasteiger partial charge on any atom is 0.314 e. The lowest BCUT2D eigenvalue weighted by molar-refractivity contribution is -0.131. The van der Waals surface area contributed by atoms with Gasteiger partial charge in [-0.1, -0.05) is 5.92 Å². The quantitative estimate of drug-likeness (QED) is 0.149. The summed E-state index contributed by atoms with van der Waals surface area (Å²) in [5, 5.41) is 14.0. The van der Waals surface area contributed by atoms with Gasteiger partial charge in [-0.15, -0.1) is 5.92 Å². The first-order chi connectivity index (χ1) is 13.8. The summed E-state index contributed by atoms with van der Waals surface area (Å²) in [7, 11) is -4.02. The molecule has 1 unspecified atom stereocenters. The third kappa shape index (κ3) is 8.82. The molecule has 0 aliphatic rings. The molecule has 160 valence electrons. The van der Waals surface area contributed by atoms with E-state index in [2.05, 4.69) is 27.2 Å². The second-order valence-corrected chi connectivity index (χ2v) is 7.48. The summed E-state index contributed by atoms with van der Waals surface area (Å²) in [6.07, 6.45) is 0.373. The number of hydrogen-bond donors (Lipinski definition) is 5. The molecular weight excluding hydrogens is 400 g/mol. The van der Waals surface area contributed by atoms with E-state index < -0.39 is 22.0 Å². The van der Waals surface area contributed by atoms with Crippen molar-refractivity contribution in [2.45, 2.75) is 37.6 Å². The van der Waals surface area contributed by atoms with Gasteiger partial charge in [0.05, 0.1) is 4.90 Å². The van der Waals surface area contributed by atoms with Gasteiger partial charge in [-0.25, -0.2) is 18.7 Å². The molecule has 5 N–H and O–H groups in total. The monoisotopic (exact) mass is 426 g/mol. The minimum atomic E-state index is -4.02. The van der Waals surface area contributed by atoms with E-state index >= 15 is 0 Å². The summed E-state index contributed by atoms with van der Waals surface area (Å²) < 4.78 is 32.7. The van der Waals surface area contributed by atoms with Crippen LogP contribution in [-0.2, 0) is 14.8 Å². The first kappa shape index (κ1) is 24.2. The van der Waals surface area contributed by atoms with Gasteiger partial charge >= 0.3 is 6.03 Å². The van der Waals surface area contributed by atoms with E-state index in [1.165, 1.54) is 29.7 Å². The van der Waals surface area contributed by atoms with Gasteiger partial charge in [-0.05, 0) is 51.0 Å². The Labute approximate surface area is 170 Å². The molecule has 10 nitrogen and oxygen atoms in total. The Hall–Kier alpha value is -2.81. The minimum absolute atomic E-state index is 0.0644. The molecule has 1 aromatic carbocycles. The molecule has 0 radical (unpaired) electrons. The fourth-order valence-electron chi connectivity index (χ4n) is 2.21. The lowest BCUT2D eigenvalue weighted by atomic mass is 10.1. The Balaban J connectivity index is 2.71. The van der Waals surface area contributed by atoms with E-state index in [0.29, 0.717) is 18.7 Å². The summed E-state index contributed by atoms with van der Waals surface area (Å²) in [5.74, 6) is 4.96. The lowest BCUT2D eigenvalue weighted by Crippen LogP contribution is -2.46. The van der Waals surface area contributed by atoms with Crippen LogP contribution in [0, 0.1) is 11.8 Å². The third-order valence-electron chi connectivity index (χ3n) is 3.64. The number of urea groups is 1. The second kappa shape index (κ2) is 12.6. The highest BCUT2D eigenvalue weighted by atomic mass is 32.2. The standard InChI is InChI=1S/C18H26N4O6S/c1-3-5-13-28-14-8-10-15(11-9-14)29(26,27)22-16(17(23)21-25)7-6-12-20-18(24)19-4-2/h8-11,16,22,25H,4,6-7,12-13H2,1-2H3,(H,21,23)(H2,19,20,24). The van der Waals surface area contributed by atoms with E-state index in [1.807, 2.05) is 0 Å². The summed E-state index contributed by atoms with van der Waals surface area (Å²) >= 11 is 0. The number of hydrogen-bond acceptors (Lipinski definition) is 6. The number of hydroxylamine groups is 1. The van der Waals surface area contributed by atoms with Crippen molar-refractivity contribution in [1.82, 2.24) is 20.8 Å². The van der Waals surface area contributed by atoms with Crippen LogP contribution < -0.4 is 25.6 Å². The normalized spacial score (nSPS) is 11.6. The number of ether oxygens (including phenoxy) is 1. The van der Waals surface area contributed by atoms with Gasteiger partial charge in [-0.3, -0.25) is 10.0 Å². The van der Waals surface area contributed by atoms with Crippen LogP contribution in [0.15, 0.2) is 29.2 Å². The van der Waals surface area contributed by atoms with Crippen LogP contribution in [-0.4, -0.2) is 51.3 Å². The number of benzene rings is 1. The van der Waals surface area contributed by atoms with Crippen LogP contribution in [0.1, 0.15) is 26.7 Å². The maximum absolute atomic E-state index is 12.5. The van der Waals surface area contributed by atoms with E-state index in [1.54, 1.807) is 13.8 Å². The molecule has 1 rings (SSSR count). The molecule has 0 aliphatic carbocycles. The van der Waals surface area contributed by atoms with Crippen molar-refractivity contribution in [2.24, 2.45) is 0 Å². The molecule has 0 heterocycles. The van der Waals surface area contributed by atoms with E-state index in [4.69, 9.17) is 9.94 Å². The van der Waals surface area contributed by atoms with Crippen molar-refractivity contribution in [1.29, 1.82) is 0 Å². The Kier molecular flexibility index (Phi) is 10.5. The third-order valence-corrected chi connectivity index (χ3v) is 5.13. The molecule has 3 amide bonds. The van der Waals surface area contributed by atoms with Crippen molar-refractivity contribution < 1.29 is 28.0 Å². The van der Waals surface area contributed by atoms with Crippen LogP contribution in [0.25, 0.3) is 0 Å².